The zero-order valence-corrected chi connectivity index (χ0v) is 8.84. The largest absolute Gasteiger partial charge is 0.423 e. The van der Waals surface area contributed by atoms with Crippen molar-refractivity contribution in [1.82, 2.24) is 0 Å². The van der Waals surface area contributed by atoms with Gasteiger partial charge in [-0.05, 0) is 11.6 Å². The predicted molar refractivity (Wildman–Crippen MR) is 49.0 cm³/mol. The number of halogens is 6. The van der Waals surface area contributed by atoms with E-state index in [1.165, 1.54) is 0 Å². The second-order valence-electron chi connectivity index (χ2n) is 3.44. The number of aliphatic hydroxyl groups excluding tert-OH is 1. The lowest BCUT2D eigenvalue weighted by Crippen LogP contribution is -2.16. The Hall–Kier alpha value is -1.84. The first kappa shape index (κ1) is 15.2. The Morgan fingerprint density at radius 1 is 1.11 bits per heavy atom. The van der Waals surface area contributed by atoms with Crippen molar-refractivity contribution in [1.29, 1.82) is 0 Å². The number of hydrogen-bond donors (Lipinski definition) is 1. The van der Waals surface area contributed by atoms with Crippen LogP contribution in [0, 0.1) is 10.1 Å². The molecule has 0 heterocycles. The summed E-state index contributed by atoms with van der Waals surface area (Å²) in [7, 11) is 0. The van der Waals surface area contributed by atoms with Crippen LogP contribution in [0.4, 0.5) is 32.0 Å². The summed E-state index contributed by atoms with van der Waals surface area (Å²) in [5, 5.41) is 19.2. The first-order valence-electron chi connectivity index (χ1n) is 4.55. The van der Waals surface area contributed by atoms with Gasteiger partial charge in [-0.25, -0.2) is 0 Å². The molecule has 1 aromatic carbocycles. The molecule has 0 saturated carbocycles. The summed E-state index contributed by atoms with van der Waals surface area (Å²) >= 11 is 0. The fraction of sp³-hybridized carbons (Fsp3) is 0.333. The highest BCUT2D eigenvalue weighted by molar-refractivity contribution is 5.51. The number of benzene rings is 1. The molecule has 0 radical (unpaired) electrons. The van der Waals surface area contributed by atoms with Gasteiger partial charge in [-0.15, -0.1) is 0 Å². The third-order valence-corrected chi connectivity index (χ3v) is 2.18. The zero-order valence-electron chi connectivity index (χ0n) is 8.84. The molecule has 0 aromatic heterocycles. The number of rotatable bonds is 2. The van der Waals surface area contributed by atoms with Gasteiger partial charge in [0.1, 0.15) is 5.56 Å². The van der Waals surface area contributed by atoms with Crippen LogP contribution in [-0.2, 0) is 19.0 Å². The van der Waals surface area contributed by atoms with Crippen molar-refractivity contribution in [2.24, 2.45) is 0 Å². The lowest BCUT2D eigenvalue weighted by Gasteiger charge is -2.14. The van der Waals surface area contributed by atoms with Gasteiger partial charge in [0.25, 0.3) is 5.69 Å². The topological polar surface area (TPSA) is 63.4 Å². The van der Waals surface area contributed by atoms with Crippen molar-refractivity contribution < 1.29 is 36.4 Å². The van der Waals surface area contributed by atoms with Crippen LogP contribution in [0.5, 0.6) is 0 Å². The number of nitro benzene ring substituents is 1. The molecule has 0 unspecified atom stereocenters. The van der Waals surface area contributed by atoms with Crippen LogP contribution in [0.3, 0.4) is 0 Å². The minimum atomic E-state index is -5.25. The van der Waals surface area contributed by atoms with E-state index in [1.54, 1.807) is 0 Å². The molecular formula is C9H5F6NO3. The normalized spacial score (nSPS) is 12.6. The van der Waals surface area contributed by atoms with E-state index in [-0.39, 0.29) is 12.1 Å². The Morgan fingerprint density at radius 3 is 1.95 bits per heavy atom. The van der Waals surface area contributed by atoms with Gasteiger partial charge < -0.3 is 5.11 Å². The molecule has 0 fully saturated rings. The summed E-state index contributed by atoms with van der Waals surface area (Å²) in [6, 6.07) is -0.169. The molecule has 0 aliphatic carbocycles. The van der Waals surface area contributed by atoms with Gasteiger partial charge in [-0.1, -0.05) is 0 Å². The average molecular weight is 289 g/mol. The van der Waals surface area contributed by atoms with E-state index in [1.807, 2.05) is 0 Å². The Kier molecular flexibility index (Phi) is 3.75. The summed E-state index contributed by atoms with van der Waals surface area (Å²) in [5.41, 5.74) is -6.45. The molecule has 1 aromatic rings. The van der Waals surface area contributed by atoms with Crippen LogP contribution >= 0.6 is 0 Å². The van der Waals surface area contributed by atoms with E-state index in [0.29, 0.717) is 0 Å². The van der Waals surface area contributed by atoms with Gasteiger partial charge in [0.15, 0.2) is 0 Å². The quantitative estimate of drug-likeness (QED) is 0.517. The standard InChI is InChI=1S/C9H5F6NO3/c10-8(11,12)5-1-4(3-17)7(9(13,14)15)6(2-5)16(18)19/h1-2,17H,3H2. The molecule has 0 atom stereocenters. The van der Waals surface area contributed by atoms with E-state index >= 15 is 0 Å². The SMILES string of the molecule is O=[N+]([O-])c1cc(C(F)(F)F)cc(CO)c1C(F)(F)F. The second-order valence-corrected chi connectivity index (χ2v) is 3.44. The van der Waals surface area contributed by atoms with Crippen molar-refractivity contribution in [2.45, 2.75) is 19.0 Å². The van der Waals surface area contributed by atoms with Gasteiger partial charge in [0, 0.05) is 6.07 Å². The molecule has 0 bridgehead atoms. The van der Waals surface area contributed by atoms with Crippen LogP contribution in [0.2, 0.25) is 0 Å². The summed E-state index contributed by atoms with van der Waals surface area (Å²) in [5.74, 6) is 0. The molecule has 0 saturated heterocycles. The molecule has 19 heavy (non-hydrogen) atoms. The van der Waals surface area contributed by atoms with Crippen LogP contribution < -0.4 is 0 Å². The fourth-order valence-electron chi connectivity index (χ4n) is 1.45. The monoisotopic (exact) mass is 289 g/mol. The summed E-state index contributed by atoms with van der Waals surface area (Å²) in [4.78, 5) is 8.90. The van der Waals surface area contributed by atoms with E-state index in [9.17, 15) is 36.5 Å². The maximum Gasteiger partial charge on any atom is 0.423 e. The maximum atomic E-state index is 12.6. The van der Waals surface area contributed by atoms with Crippen LogP contribution in [0.1, 0.15) is 16.7 Å². The van der Waals surface area contributed by atoms with Crippen molar-refractivity contribution >= 4 is 5.69 Å². The van der Waals surface area contributed by atoms with Crippen LogP contribution in [0.25, 0.3) is 0 Å². The zero-order chi connectivity index (χ0) is 15.0. The molecule has 1 N–H and O–H groups in total. The number of hydrogen-bond acceptors (Lipinski definition) is 3. The molecule has 106 valence electrons. The van der Waals surface area contributed by atoms with Crippen LogP contribution in [0.15, 0.2) is 12.1 Å². The van der Waals surface area contributed by atoms with Gasteiger partial charge in [0.2, 0.25) is 0 Å². The molecular weight excluding hydrogens is 284 g/mol. The van der Waals surface area contributed by atoms with Crippen molar-refractivity contribution in [3.63, 3.8) is 0 Å². The van der Waals surface area contributed by atoms with E-state index in [2.05, 4.69) is 0 Å². The highest BCUT2D eigenvalue weighted by Crippen LogP contribution is 2.42. The lowest BCUT2D eigenvalue weighted by molar-refractivity contribution is -0.388. The molecule has 1 rings (SSSR count). The number of aliphatic hydroxyl groups is 1. The van der Waals surface area contributed by atoms with Crippen molar-refractivity contribution in [2.75, 3.05) is 0 Å². The summed E-state index contributed by atoms with van der Waals surface area (Å²) in [6.07, 6.45) is -10.3. The van der Waals surface area contributed by atoms with E-state index in [0.717, 1.165) is 0 Å². The third kappa shape index (κ3) is 3.13. The predicted octanol–water partition coefficient (Wildman–Crippen LogP) is 3.12. The van der Waals surface area contributed by atoms with Crippen LogP contribution in [-0.4, -0.2) is 10.0 Å². The highest BCUT2D eigenvalue weighted by atomic mass is 19.4. The van der Waals surface area contributed by atoms with Crippen molar-refractivity contribution in [3.8, 4) is 0 Å². The van der Waals surface area contributed by atoms with E-state index in [4.69, 9.17) is 5.11 Å². The van der Waals surface area contributed by atoms with Gasteiger partial charge in [-0.2, -0.15) is 26.3 Å². The Balaban J connectivity index is 3.69. The number of nitro groups is 1. The Morgan fingerprint density at radius 2 is 1.63 bits per heavy atom. The third-order valence-electron chi connectivity index (χ3n) is 2.18. The second kappa shape index (κ2) is 4.68. The summed E-state index contributed by atoms with van der Waals surface area (Å²) in [6.45, 7) is -1.40. The average Bonchev–Trinajstić information content (AvgIpc) is 2.24. The molecule has 10 heteroatoms. The molecule has 0 amide bonds. The minimum Gasteiger partial charge on any atom is -0.392 e. The minimum absolute atomic E-state index is 0.0375. The highest BCUT2D eigenvalue weighted by Gasteiger charge is 2.43. The number of alkyl halides is 6. The molecule has 0 spiro atoms. The maximum absolute atomic E-state index is 12.6. The summed E-state index contributed by atoms with van der Waals surface area (Å²) < 4.78 is 74.9. The number of nitrogens with zero attached hydrogens (tertiary/aromatic N) is 1. The Labute approximate surface area is 101 Å². The van der Waals surface area contributed by atoms with Gasteiger partial charge >= 0.3 is 12.4 Å². The first-order valence-corrected chi connectivity index (χ1v) is 4.55. The molecule has 0 aliphatic rings. The van der Waals surface area contributed by atoms with E-state index < -0.39 is 46.3 Å². The van der Waals surface area contributed by atoms with Crippen molar-refractivity contribution in [3.05, 3.63) is 38.9 Å². The lowest BCUT2D eigenvalue weighted by atomic mass is 10.0. The fourth-order valence-corrected chi connectivity index (χ4v) is 1.45. The molecule has 4 nitrogen and oxygen atoms in total. The van der Waals surface area contributed by atoms with Gasteiger partial charge in [0.05, 0.1) is 17.1 Å². The molecule has 0 aliphatic heterocycles. The smallest absolute Gasteiger partial charge is 0.392 e. The first-order chi connectivity index (χ1) is 8.48. The van der Waals surface area contributed by atoms with Gasteiger partial charge in [-0.3, -0.25) is 10.1 Å². The Bertz CT molecular complexity index is 508.